The van der Waals surface area contributed by atoms with Gasteiger partial charge in [-0.2, -0.15) is 0 Å². The van der Waals surface area contributed by atoms with E-state index in [1.807, 2.05) is 6.07 Å². The van der Waals surface area contributed by atoms with Gasteiger partial charge >= 0.3 is 0 Å². The molecule has 1 N–H and O–H groups in total. The molecule has 2 aliphatic heterocycles. The minimum atomic E-state index is 0.519. The van der Waals surface area contributed by atoms with E-state index < -0.39 is 0 Å². The largest absolute Gasteiger partial charge is 0.486 e. The Morgan fingerprint density at radius 3 is 2.50 bits per heavy atom. The van der Waals surface area contributed by atoms with E-state index in [4.69, 9.17) is 9.47 Å². The molecular formula is C16H24N2O2. The summed E-state index contributed by atoms with van der Waals surface area (Å²) in [5.41, 5.74) is 1.20. The van der Waals surface area contributed by atoms with Crippen molar-refractivity contribution >= 4 is 5.69 Å². The summed E-state index contributed by atoms with van der Waals surface area (Å²) in [4.78, 5) is 2.55. The zero-order valence-corrected chi connectivity index (χ0v) is 12.4. The second-order valence-corrected chi connectivity index (χ2v) is 5.49. The Morgan fingerprint density at radius 1 is 1.10 bits per heavy atom. The van der Waals surface area contributed by atoms with Crippen LogP contribution in [0.1, 0.15) is 26.7 Å². The molecule has 2 atom stereocenters. The van der Waals surface area contributed by atoms with Crippen LogP contribution >= 0.6 is 0 Å². The average molecular weight is 276 g/mol. The van der Waals surface area contributed by atoms with E-state index in [2.05, 4.69) is 36.2 Å². The first-order chi connectivity index (χ1) is 9.85. The maximum Gasteiger partial charge on any atom is 0.184 e. The summed E-state index contributed by atoms with van der Waals surface area (Å²) in [5, 5.41) is 3.55. The van der Waals surface area contributed by atoms with Crippen LogP contribution in [0.15, 0.2) is 18.2 Å². The van der Waals surface area contributed by atoms with Gasteiger partial charge in [0, 0.05) is 25.2 Å². The molecule has 2 unspecified atom stereocenters. The monoisotopic (exact) mass is 276 g/mol. The van der Waals surface area contributed by atoms with Crippen LogP contribution in [0.4, 0.5) is 5.69 Å². The first-order valence-electron chi connectivity index (χ1n) is 7.72. The van der Waals surface area contributed by atoms with Gasteiger partial charge in [-0.1, -0.05) is 19.9 Å². The molecule has 0 spiro atoms. The number of benzene rings is 1. The molecule has 3 rings (SSSR count). The van der Waals surface area contributed by atoms with Crippen LogP contribution in [0.3, 0.4) is 0 Å². The average Bonchev–Trinajstić information content (AvgIpc) is 2.53. The third-order valence-electron chi connectivity index (χ3n) is 4.31. The third-order valence-corrected chi connectivity index (χ3v) is 4.31. The van der Waals surface area contributed by atoms with E-state index in [1.165, 1.54) is 5.69 Å². The highest BCUT2D eigenvalue weighted by molar-refractivity contribution is 5.66. The number of rotatable bonds is 3. The summed E-state index contributed by atoms with van der Waals surface area (Å²) in [6.45, 7) is 7.87. The topological polar surface area (TPSA) is 33.7 Å². The van der Waals surface area contributed by atoms with Crippen molar-refractivity contribution in [3.63, 3.8) is 0 Å². The van der Waals surface area contributed by atoms with Crippen LogP contribution in [-0.2, 0) is 0 Å². The molecule has 1 saturated heterocycles. The van der Waals surface area contributed by atoms with Gasteiger partial charge in [0.2, 0.25) is 0 Å². The normalized spacial score (nSPS) is 25.6. The maximum absolute atomic E-state index is 5.91. The first-order valence-corrected chi connectivity index (χ1v) is 7.72. The lowest BCUT2D eigenvalue weighted by atomic mass is 10.0. The molecule has 0 aromatic heterocycles. The number of ether oxygens (including phenoxy) is 2. The molecule has 4 nitrogen and oxygen atoms in total. The Hall–Kier alpha value is -1.42. The molecule has 1 aromatic carbocycles. The number of piperazine rings is 1. The van der Waals surface area contributed by atoms with Gasteiger partial charge in [0.15, 0.2) is 11.5 Å². The number of nitrogens with zero attached hydrogens (tertiary/aromatic N) is 1. The van der Waals surface area contributed by atoms with Crippen molar-refractivity contribution in [1.82, 2.24) is 5.32 Å². The molecule has 0 amide bonds. The molecule has 20 heavy (non-hydrogen) atoms. The van der Waals surface area contributed by atoms with Crippen molar-refractivity contribution in [1.29, 1.82) is 0 Å². The van der Waals surface area contributed by atoms with Crippen molar-refractivity contribution in [2.45, 2.75) is 38.8 Å². The Balaban J connectivity index is 2.00. The molecule has 2 aliphatic rings. The van der Waals surface area contributed by atoms with Crippen molar-refractivity contribution < 1.29 is 9.47 Å². The summed E-state index contributed by atoms with van der Waals surface area (Å²) < 4.78 is 11.6. The van der Waals surface area contributed by atoms with Gasteiger partial charge in [-0.3, -0.25) is 0 Å². The van der Waals surface area contributed by atoms with Crippen molar-refractivity contribution in [2.75, 3.05) is 31.2 Å². The number of fused-ring (bicyclic) bond motifs is 1. The number of hydrogen-bond acceptors (Lipinski definition) is 4. The van der Waals surface area contributed by atoms with E-state index in [9.17, 15) is 0 Å². The fraction of sp³-hybridized carbons (Fsp3) is 0.625. The zero-order valence-electron chi connectivity index (χ0n) is 12.4. The number of para-hydroxylation sites is 1. The van der Waals surface area contributed by atoms with E-state index in [0.29, 0.717) is 25.3 Å². The fourth-order valence-corrected chi connectivity index (χ4v) is 3.25. The summed E-state index contributed by atoms with van der Waals surface area (Å²) in [6, 6.07) is 7.28. The summed E-state index contributed by atoms with van der Waals surface area (Å²) in [5.74, 6) is 1.81. The maximum atomic E-state index is 5.91. The number of hydrogen-bond donors (Lipinski definition) is 1. The van der Waals surface area contributed by atoms with Crippen LogP contribution in [0.25, 0.3) is 0 Å². The minimum absolute atomic E-state index is 0.519. The Kier molecular flexibility index (Phi) is 4.01. The smallest absolute Gasteiger partial charge is 0.184 e. The summed E-state index contributed by atoms with van der Waals surface area (Å²) in [6.07, 6.45) is 2.27. The van der Waals surface area contributed by atoms with Crippen LogP contribution in [0.5, 0.6) is 11.5 Å². The summed E-state index contributed by atoms with van der Waals surface area (Å²) >= 11 is 0. The van der Waals surface area contributed by atoms with E-state index >= 15 is 0 Å². The minimum Gasteiger partial charge on any atom is -0.486 e. The lowest BCUT2D eigenvalue weighted by molar-refractivity contribution is 0.171. The molecule has 2 heterocycles. The molecule has 4 heteroatoms. The Labute approximate surface area is 121 Å². The molecule has 0 aliphatic carbocycles. The predicted molar refractivity (Wildman–Crippen MR) is 80.9 cm³/mol. The number of anilines is 1. The van der Waals surface area contributed by atoms with E-state index in [0.717, 1.165) is 37.4 Å². The second-order valence-electron chi connectivity index (χ2n) is 5.49. The third kappa shape index (κ3) is 2.33. The molecule has 110 valence electrons. The summed E-state index contributed by atoms with van der Waals surface area (Å²) in [7, 11) is 0. The standard InChI is InChI=1S/C16H24N2O2/c1-3-12-10-17-11-13(4-2)18(12)14-6-5-7-15-16(14)20-9-8-19-15/h5-7,12-13,17H,3-4,8-11H2,1-2H3. The lowest BCUT2D eigenvalue weighted by Gasteiger charge is -2.44. The predicted octanol–water partition coefficient (Wildman–Crippen LogP) is 2.42. The van der Waals surface area contributed by atoms with Gasteiger partial charge in [0.05, 0.1) is 5.69 Å². The highest BCUT2D eigenvalue weighted by Crippen LogP contribution is 2.41. The van der Waals surface area contributed by atoms with E-state index in [1.54, 1.807) is 0 Å². The van der Waals surface area contributed by atoms with Crippen LogP contribution < -0.4 is 19.7 Å². The molecule has 0 saturated carbocycles. The van der Waals surface area contributed by atoms with Crippen molar-refractivity contribution in [2.24, 2.45) is 0 Å². The molecular weight excluding hydrogens is 252 g/mol. The van der Waals surface area contributed by atoms with Crippen molar-refractivity contribution in [3.05, 3.63) is 18.2 Å². The van der Waals surface area contributed by atoms with Crippen LogP contribution in [-0.4, -0.2) is 38.4 Å². The Morgan fingerprint density at radius 2 is 1.80 bits per heavy atom. The highest BCUT2D eigenvalue weighted by atomic mass is 16.6. The number of nitrogens with one attached hydrogen (secondary N) is 1. The molecule has 0 bridgehead atoms. The fourth-order valence-electron chi connectivity index (χ4n) is 3.25. The van der Waals surface area contributed by atoms with Crippen molar-refractivity contribution in [3.8, 4) is 11.5 Å². The van der Waals surface area contributed by atoms with Gasteiger partial charge in [-0.15, -0.1) is 0 Å². The van der Waals surface area contributed by atoms with Crippen LogP contribution in [0, 0.1) is 0 Å². The first kappa shape index (κ1) is 13.6. The van der Waals surface area contributed by atoms with E-state index in [-0.39, 0.29) is 0 Å². The van der Waals surface area contributed by atoms with Gasteiger partial charge in [0.25, 0.3) is 0 Å². The van der Waals surface area contributed by atoms with Crippen LogP contribution in [0.2, 0.25) is 0 Å². The van der Waals surface area contributed by atoms with Gasteiger partial charge in [0.1, 0.15) is 13.2 Å². The molecule has 0 radical (unpaired) electrons. The Bertz CT molecular complexity index is 452. The quantitative estimate of drug-likeness (QED) is 0.919. The molecule has 1 aromatic rings. The van der Waals surface area contributed by atoms with Gasteiger partial charge in [-0.05, 0) is 25.0 Å². The zero-order chi connectivity index (χ0) is 13.9. The van der Waals surface area contributed by atoms with Gasteiger partial charge in [-0.25, -0.2) is 0 Å². The SMILES string of the molecule is CCC1CNCC(CC)N1c1cccc2c1OCCO2. The molecule has 1 fully saturated rings. The highest BCUT2D eigenvalue weighted by Gasteiger charge is 2.31. The lowest BCUT2D eigenvalue weighted by Crippen LogP contribution is -2.57. The second kappa shape index (κ2) is 5.92. The van der Waals surface area contributed by atoms with Gasteiger partial charge < -0.3 is 19.7 Å².